The fraction of sp³-hybridized carbons (Fsp3) is 0.750. The lowest BCUT2D eigenvalue weighted by atomic mass is 9.98. The van der Waals surface area contributed by atoms with E-state index >= 15 is 0 Å². The molecule has 0 aromatic heterocycles. The molecule has 0 radical (unpaired) electrons. The summed E-state index contributed by atoms with van der Waals surface area (Å²) in [6.07, 6.45) is 12.4. The van der Waals surface area contributed by atoms with Crippen LogP contribution in [0.4, 0.5) is 0 Å². The molecule has 0 spiro atoms. The van der Waals surface area contributed by atoms with E-state index in [1.54, 1.807) is 6.08 Å². The first kappa shape index (κ1) is 10.5. The van der Waals surface area contributed by atoms with Crippen LogP contribution in [-0.2, 0) is 4.79 Å². The average Bonchev–Trinajstić information content (AvgIpc) is 2.16. The van der Waals surface area contributed by atoms with Crippen LogP contribution in [0.2, 0.25) is 0 Å². The molecular formula is C12H20O. The van der Waals surface area contributed by atoms with Crippen molar-refractivity contribution < 1.29 is 4.79 Å². The van der Waals surface area contributed by atoms with Crippen molar-refractivity contribution in [2.45, 2.75) is 51.9 Å². The van der Waals surface area contributed by atoms with Crippen LogP contribution in [0, 0.1) is 5.92 Å². The zero-order valence-electron chi connectivity index (χ0n) is 8.59. The Labute approximate surface area is 81.2 Å². The van der Waals surface area contributed by atoms with Crippen molar-refractivity contribution in [2.75, 3.05) is 0 Å². The van der Waals surface area contributed by atoms with Gasteiger partial charge in [0.1, 0.15) is 0 Å². The molecule has 0 aromatic rings. The summed E-state index contributed by atoms with van der Waals surface area (Å²) in [5.41, 5.74) is 0. The number of hydrogen-bond acceptors (Lipinski definition) is 1. The summed E-state index contributed by atoms with van der Waals surface area (Å²) in [6.45, 7) is 2.05. The van der Waals surface area contributed by atoms with Gasteiger partial charge in [-0.15, -0.1) is 0 Å². The Bertz CT molecular complexity index is 182. The fourth-order valence-corrected chi connectivity index (χ4v) is 1.75. The molecule has 1 aliphatic rings. The molecule has 1 rings (SSSR count). The molecule has 74 valence electrons. The van der Waals surface area contributed by atoms with Crippen LogP contribution in [0.25, 0.3) is 0 Å². The maximum atomic E-state index is 11.5. The summed E-state index contributed by atoms with van der Waals surface area (Å²) in [7, 11) is 0. The average molecular weight is 180 g/mol. The Morgan fingerprint density at radius 2 is 1.85 bits per heavy atom. The van der Waals surface area contributed by atoms with E-state index in [1.807, 2.05) is 13.0 Å². The van der Waals surface area contributed by atoms with Crippen molar-refractivity contribution >= 4 is 5.78 Å². The van der Waals surface area contributed by atoms with Crippen LogP contribution in [0.1, 0.15) is 51.9 Å². The first-order chi connectivity index (χ1) is 6.30. The quantitative estimate of drug-likeness (QED) is 0.557. The van der Waals surface area contributed by atoms with E-state index in [-0.39, 0.29) is 5.92 Å². The Balaban J connectivity index is 2.42. The first-order valence-electron chi connectivity index (χ1n) is 5.51. The van der Waals surface area contributed by atoms with Gasteiger partial charge < -0.3 is 0 Å². The maximum Gasteiger partial charge on any atom is 0.158 e. The number of carbonyl (C=O) groups excluding carboxylic acids is 1. The van der Waals surface area contributed by atoms with E-state index in [1.165, 1.54) is 32.1 Å². The lowest BCUT2D eigenvalue weighted by molar-refractivity contribution is -0.117. The molecule has 1 aliphatic carbocycles. The molecule has 1 heteroatoms. The molecule has 0 aromatic carbocycles. The van der Waals surface area contributed by atoms with E-state index in [2.05, 4.69) is 0 Å². The molecule has 1 nitrogen and oxygen atoms in total. The standard InChI is InChI=1S/C12H20O/c1-11-9-7-5-3-2-4-6-8-10-12(11)13/h8,10-11H,2-7,9H2,1H3. The van der Waals surface area contributed by atoms with E-state index in [4.69, 9.17) is 0 Å². The molecule has 1 atom stereocenters. The second-order valence-corrected chi connectivity index (χ2v) is 4.05. The van der Waals surface area contributed by atoms with E-state index in [0.29, 0.717) is 5.78 Å². The van der Waals surface area contributed by atoms with Gasteiger partial charge in [0.25, 0.3) is 0 Å². The molecule has 0 heterocycles. The van der Waals surface area contributed by atoms with Crippen molar-refractivity contribution in [3.05, 3.63) is 12.2 Å². The fourth-order valence-electron chi connectivity index (χ4n) is 1.75. The third-order valence-corrected chi connectivity index (χ3v) is 2.78. The highest BCUT2D eigenvalue weighted by atomic mass is 16.1. The third-order valence-electron chi connectivity index (χ3n) is 2.78. The third kappa shape index (κ3) is 4.25. The highest BCUT2D eigenvalue weighted by molar-refractivity contribution is 5.91. The molecule has 0 fully saturated rings. The monoisotopic (exact) mass is 180 g/mol. The Kier molecular flexibility index (Phi) is 4.81. The minimum absolute atomic E-state index is 0.245. The van der Waals surface area contributed by atoms with Gasteiger partial charge in [-0.1, -0.05) is 38.7 Å². The highest BCUT2D eigenvalue weighted by Crippen LogP contribution is 2.15. The summed E-state index contributed by atoms with van der Waals surface area (Å²) in [6, 6.07) is 0. The summed E-state index contributed by atoms with van der Waals surface area (Å²) >= 11 is 0. The van der Waals surface area contributed by atoms with Crippen LogP contribution in [0.5, 0.6) is 0 Å². The normalized spacial score (nSPS) is 26.8. The highest BCUT2D eigenvalue weighted by Gasteiger charge is 2.09. The minimum atomic E-state index is 0.245. The zero-order chi connectivity index (χ0) is 9.52. The van der Waals surface area contributed by atoms with Crippen molar-refractivity contribution in [3.8, 4) is 0 Å². The van der Waals surface area contributed by atoms with Gasteiger partial charge in [-0.2, -0.15) is 0 Å². The molecule has 0 amide bonds. The number of carbonyl (C=O) groups is 1. The van der Waals surface area contributed by atoms with Crippen LogP contribution in [0.3, 0.4) is 0 Å². The van der Waals surface area contributed by atoms with Crippen LogP contribution < -0.4 is 0 Å². The molecule has 13 heavy (non-hydrogen) atoms. The molecule has 1 unspecified atom stereocenters. The van der Waals surface area contributed by atoms with E-state index < -0.39 is 0 Å². The van der Waals surface area contributed by atoms with Gasteiger partial charge in [-0.3, -0.25) is 4.79 Å². The van der Waals surface area contributed by atoms with Crippen molar-refractivity contribution in [3.63, 3.8) is 0 Å². The van der Waals surface area contributed by atoms with Crippen LogP contribution >= 0.6 is 0 Å². The summed E-state index contributed by atoms with van der Waals surface area (Å²) in [5.74, 6) is 0.566. The second-order valence-electron chi connectivity index (χ2n) is 4.05. The summed E-state index contributed by atoms with van der Waals surface area (Å²) in [4.78, 5) is 11.5. The largest absolute Gasteiger partial charge is 0.295 e. The first-order valence-corrected chi connectivity index (χ1v) is 5.51. The molecule has 0 N–H and O–H groups in total. The van der Waals surface area contributed by atoms with E-state index in [9.17, 15) is 4.79 Å². The van der Waals surface area contributed by atoms with Gasteiger partial charge in [-0.25, -0.2) is 0 Å². The van der Waals surface area contributed by atoms with Gasteiger partial charge in [0.2, 0.25) is 0 Å². The lowest BCUT2D eigenvalue weighted by Gasteiger charge is -2.06. The number of allylic oxidation sites excluding steroid dienone is 2. The van der Waals surface area contributed by atoms with E-state index in [0.717, 1.165) is 12.8 Å². The topological polar surface area (TPSA) is 17.1 Å². The SMILES string of the molecule is CC1CCCCCCCC=CC1=O. The van der Waals surface area contributed by atoms with Crippen LogP contribution in [0.15, 0.2) is 12.2 Å². The number of hydrogen-bond donors (Lipinski definition) is 0. The van der Waals surface area contributed by atoms with Crippen molar-refractivity contribution in [1.82, 2.24) is 0 Å². The predicted molar refractivity (Wildman–Crippen MR) is 55.6 cm³/mol. The predicted octanol–water partition coefficient (Wildman–Crippen LogP) is 3.49. The van der Waals surface area contributed by atoms with Gasteiger partial charge in [0, 0.05) is 5.92 Å². The smallest absolute Gasteiger partial charge is 0.158 e. The second kappa shape index (κ2) is 5.95. The molecule has 0 bridgehead atoms. The maximum absolute atomic E-state index is 11.5. The molecule has 0 aliphatic heterocycles. The summed E-state index contributed by atoms with van der Waals surface area (Å²) < 4.78 is 0. The van der Waals surface area contributed by atoms with Gasteiger partial charge >= 0.3 is 0 Å². The van der Waals surface area contributed by atoms with Crippen LogP contribution in [-0.4, -0.2) is 5.78 Å². The van der Waals surface area contributed by atoms with Crippen molar-refractivity contribution in [2.24, 2.45) is 5.92 Å². The minimum Gasteiger partial charge on any atom is -0.295 e. The summed E-state index contributed by atoms with van der Waals surface area (Å²) in [5, 5.41) is 0. The molecule has 0 saturated heterocycles. The number of rotatable bonds is 0. The Morgan fingerprint density at radius 3 is 2.69 bits per heavy atom. The molecule has 0 saturated carbocycles. The Morgan fingerprint density at radius 1 is 1.15 bits per heavy atom. The lowest BCUT2D eigenvalue weighted by Crippen LogP contribution is -2.07. The number of ketones is 1. The van der Waals surface area contributed by atoms with Gasteiger partial charge in [-0.05, 0) is 25.3 Å². The Hall–Kier alpha value is -0.590. The zero-order valence-corrected chi connectivity index (χ0v) is 8.59. The molecular weight excluding hydrogens is 160 g/mol. The van der Waals surface area contributed by atoms with Crippen molar-refractivity contribution in [1.29, 1.82) is 0 Å². The van der Waals surface area contributed by atoms with Gasteiger partial charge in [0.05, 0.1) is 0 Å². The van der Waals surface area contributed by atoms with Gasteiger partial charge in [0.15, 0.2) is 5.78 Å².